The number of aliphatic hydroxyl groups is 1. The van der Waals surface area contributed by atoms with E-state index in [-0.39, 0.29) is 12.2 Å². The second kappa shape index (κ2) is 7.80. The molecule has 0 amide bonds. The lowest BCUT2D eigenvalue weighted by molar-refractivity contribution is 0.251. The molecule has 3 nitrogen and oxygen atoms in total. The highest BCUT2D eigenvalue weighted by Crippen LogP contribution is 2.12. The van der Waals surface area contributed by atoms with Gasteiger partial charge in [-0.25, -0.2) is 4.39 Å². The number of aliphatic hydroxyl groups excluding tert-OH is 1. The van der Waals surface area contributed by atoms with Gasteiger partial charge >= 0.3 is 0 Å². The summed E-state index contributed by atoms with van der Waals surface area (Å²) in [6.45, 7) is 3.40. The summed E-state index contributed by atoms with van der Waals surface area (Å²) in [6, 6.07) is 6.66. The fourth-order valence-electron chi connectivity index (χ4n) is 1.85. The van der Waals surface area contributed by atoms with Gasteiger partial charge in [0.25, 0.3) is 0 Å². The van der Waals surface area contributed by atoms with E-state index in [4.69, 9.17) is 10.4 Å². The first-order valence-corrected chi connectivity index (χ1v) is 6.22. The molecule has 0 fully saturated rings. The lowest BCUT2D eigenvalue weighted by Gasteiger charge is -2.14. The predicted octanol–water partition coefficient (Wildman–Crippen LogP) is 2.20. The van der Waals surface area contributed by atoms with E-state index in [0.29, 0.717) is 18.0 Å². The van der Waals surface area contributed by atoms with Crippen LogP contribution in [-0.4, -0.2) is 18.3 Å². The molecule has 98 valence electrons. The molecule has 0 aromatic heterocycles. The van der Waals surface area contributed by atoms with Crippen LogP contribution < -0.4 is 5.32 Å². The van der Waals surface area contributed by atoms with Crippen molar-refractivity contribution < 1.29 is 9.50 Å². The summed E-state index contributed by atoms with van der Waals surface area (Å²) in [7, 11) is 0. The van der Waals surface area contributed by atoms with Gasteiger partial charge in [0, 0.05) is 18.7 Å². The first kappa shape index (κ1) is 14.6. The Bertz CT molecular complexity index is 415. The van der Waals surface area contributed by atoms with Gasteiger partial charge in [-0.3, -0.25) is 0 Å². The minimum atomic E-state index is -0.442. The Morgan fingerprint density at radius 1 is 1.50 bits per heavy atom. The minimum Gasteiger partial charge on any atom is -0.396 e. The highest BCUT2D eigenvalue weighted by atomic mass is 19.1. The monoisotopic (exact) mass is 250 g/mol. The molecular formula is C14H19FN2O. The second-order valence-electron chi connectivity index (χ2n) is 4.31. The van der Waals surface area contributed by atoms with E-state index in [9.17, 15) is 4.39 Å². The van der Waals surface area contributed by atoms with Crippen LogP contribution in [0.1, 0.15) is 30.9 Å². The highest BCUT2D eigenvalue weighted by molar-refractivity contribution is 5.34. The second-order valence-corrected chi connectivity index (χ2v) is 4.31. The lowest BCUT2D eigenvalue weighted by atomic mass is 10.0. The van der Waals surface area contributed by atoms with Crippen molar-refractivity contribution in [2.45, 2.75) is 26.3 Å². The summed E-state index contributed by atoms with van der Waals surface area (Å²) >= 11 is 0. The summed E-state index contributed by atoms with van der Waals surface area (Å²) in [4.78, 5) is 0. The zero-order chi connectivity index (χ0) is 13.4. The van der Waals surface area contributed by atoms with Gasteiger partial charge in [-0.15, -0.1) is 0 Å². The molecule has 0 aliphatic rings. The molecule has 2 N–H and O–H groups in total. The van der Waals surface area contributed by atoms with Crippen LogP contribution in [0.5, 0.6) is 0 Å². The SMILES string of the molecule is CCC(CCO)CNCc1cccc(C#N)c1F. The molecule has 1 rings (SSSR count). The zero-order valence-corrected chi connectivity index (χ0v) is 10.6. The van der Waals surface area contributed by atoms with Crippen molar-refractivity contribution >= 4 is 0 Å². The number of benzene rings is 1. The largest absolute Gasteiger partial charge is 0.396 e. The third kappa shape index (κ3) is 4.10. The van der Waals surface area contributed by atoms with Crippen molar-refractivity contribution in [2.75, 3.05) is 13.2 Å². The van der Waals surface area contributed by atoms with Gasteiger partial charge in [0.1, 0.15) is 11.9 Å². The van der Waals surface area contributed by atoms with Crippen molar-refractivity contribution in [3.63, 3.8) is 0 Å². The number of rotatable bonds is 7. The van der Waals surface area contributed by atoms with Gasteiger partial charge in [-0.2, -0.15) is 5.26 Å². The van der Waals surface area contributed by atoms with Gasteiger partial charge in [0.05, 0.1) is 5.56 Å². The van der Waals surface area contributed by atoms with Crippen LogP contribution in [0.15, 0.2) is 18.2 Å². The summed E-state index contributed by atoms with van der Waals surface area (Å²) in [6.07, 6.45) is 1.73. The molecule has 0 aliphatic carbocycles. The first-order chi connectivity index (χ1) is 8.72. The summed E-state index contributed by atoms with van der Waals surface area (Å²) in [5.41, 5.74) is 0.588. The lowest BCUT2D eigenvalue weighted by Crippen LogP contribution is -2.23. The Hall–Kier alpha value is -1.44. The Morgan fingerprint density at radius 2 is 2.28 bits per heavy atom. The van der Waals surface area contributed by atoms with Gasteiger partial charge in [0.2, 0.25) is 0 Å². The Morgan fingerprint density at radius 3 is 2.89 bits per heavy atom. The molecule has 1 aromatic rings. The molecule has 0 aliphatic heterocycles. The van der Waals surface area contributed by atoms with E-state index in [1.807, 2.05) is 6.07 Å². The van der Waals surface area contributed by atoms with E-state index >= 15 is 0 Å². The summed E-state index contributed by atoms with van der Waals surface area (Å²) in [5.74, 6) is -0.0417. The van der Waals surface area contributed by atoms with Gasteiger partial charge in [-0.1, -0.05) is 25.5 Å². The fraction of sp³-hybridized carbons (Fsp3) is 0.500. The molecule has 0 bridgehead atoms. The number of hydrogen-bond acceptors (Lipinski definition) is 3. The van der Waals surface area contributed by atoms with Crippen molar-refractivity contribution in [1.29, 1.82) is 5.26 Å². The van der Waals surface area contributed by atoms with Crippen LogP contribution >= 0.6 is 0 Å². The maximum absolute atomic E-state index is 13.7. The average Bonchev–Trinajstić information content (AvgIpc) is 2.39. The summed E-state index contributed by atoms with van der Waals surface area (Å²) in [5, 5.41) is 20.8. The first-order valence-electron chi connectivity index (χ1n) is 6.22. The van der Waals surface area contributed by atoms with E-state index in [2.05, 4.69) is 12.2 Å². The standard InChI is InChI=1S/C14H19FN2O/c1-2-11(6-7-18)9-17-10-13-5-3-4-12(8-16)14(13)15/h3-5,11,17-18H,2,6-7,9-10H2,1H3. The molecular weight excluding hydrogens is 231 g/mol. The Balaban J connectivity index is 2.51. The van der Waals surface area contributed by atoms with Crippen molar-refractivity contribution in [3.05, 3.63) is 35.1 Å². The Kier molecular flexibility index (Phi) is 6.34. The molecule has 0 saturated carbocycles. The van der Waals surface area contributed by atoms with Crippen molar-refractivity contribution in [1.82, 2.24) is 5.32 Å². The predicted molar refractivity (Wildman–Crippen MR) is 68.3 cm³/mol. The molecule has 1 atom stereocenters. The van der Waals surface area contributed by atoms with E-state index in [1.54, 1.807) is 12.1 Å². The third-order valence-corrected chi connectivity index (χ3v) is 3.06. The van der Waals surface area contributed by atoms with Crippen LogP contribution in [0.3, 0.4) is 0 Å². The number of nitriles is 1. The maximum atomic E-state index is 13.7. The molecule has 1 aromatic carbocycles. The average molecular weight is 250 g/mol. The van der Waals surface area contributed by atoms with Crippen LogP contribution in [0.4, 0.5) is 4.39 Å². The van der Waals surface area contributed by atoms with E-state index in [1.165, 1.54) is 6.07 Å². The molecule has 0 saturated heterocycles. The normalized spacial score (nSPS) is 12.1. The van der Waals surface area contributed by atoms with E-state index in [0.717, 1.165) is 19.4 Å². The highest BCUT2D eigenvalue weighted by Gasteiger charge is 2.09. The van der Waals surface area contributed by atoms with Crippen LogP contribution in [0, 0.1) is 23.1 Å². The van der Waals surface area contributed by atoms with Crippen molar-refractivity contribution in [2.24, 2.45) is 5.92 Å². The molecule has 18 heavy (non-hydrogen) atoms. The minimum absolute atomic E-state index is 0.0803. The number of nitrogens with one attached hydrogen (secondary N) is 1. The molecule has 0 radical (unpaired) electrons. The Labute approximate surface area is 107 Å². The topological polar surface area (TPSA) is 56.0 Å². The molecule has 4 heteroatoms. The fourth-order valence-corrected chi connectivity index (χ4v) is 1.85. The quantitative estimate of drug-likeness (QED) is 0.780. The van der Waals surface area contributed by atoms with Gasteiger partial charge in [-0.05, 0) is 24.9 Å². The summed E-state index contributed by atoms with van der Waals surface area (Å²) < 4.78 is 13.7. The number of nitrogens with zero attached hydrogens (tertiary/aromatic N) is 1. The van der Waals surface area contributed by atoms with Crippen LogP contribution in [-0.2, 0) is 6.54 Å². The van der Waals surface area contributed by atoms with Crippen LogP contribution in [0.25, 0.3) is 0 Å². The van der Waals surface area contributed by atoms with E-state index < -0.39 is 5.82 Å². The number of halogens is 1. The maximum Gasteiger partial charge on any atom is 0.145 e. The van der Waals surface area contributed by atoms with Gasteiger partial charge in [0.15, 0.2) is 0 Å². The smallest absolute Gasteiger partial charge is 0.145 e. The van der Waals surface area contributed by atoms with Crippen LogP contribution in [0.2, 0.25) is 0 Å². The number of hydrogen-bond donors (Lipinski definition) is 2. The molecule has 0 spiro atoms. The van der Waals surface area contributed by atoms with Crippen molar-refractivity contribution in [3.8, 4) is 6.07 Å². The van der Waals surface area contributed by atoms with Gasteiger partial charge < -0.3 is 10.4 Å². The zero-order valence-electron chi connectivity index (χ0n) is 10.6. The third-order valence-electron chi connectivity index (χ3n) is 3.06. The molecule has 1 unspecified atom stereocenters. The molecule has 0 heterocycles.